The number of aliphatic carboxylic acids is 1. The van der Waals surface area contributed by atoms with E-state index in [0.29, 0.717) is 11.1 Å². The van der Waals surface area contributed by atoms with Crippen LogP contribution in [0.15, 0.2) is 27.4 Å². The van der Waals surface area contributed by atoms with Crippen molar-refractivity contribution in [1.29, 1.82) is 0 Å². The summed E-state index contributed by atoms with van der Waals surface area (Å²) < 4.78 is 5.07. The lowest BCUT2D eigenvalue weighted by Crippen LogP contribution is -2.12. The van der Waals surface area contributed by atoms with Gasteiger partial charge in [0.2, 0.25) is 0 Å². The number of rotatable bonds is 3. The predicted octanol–water partition coefficient (Wildman–Crippen LogP) is 1.51. The summed E-state index contributed by atoms with van der Waals surface area (Å²) in [6.07, 6.45) is -0.0450. The molecule has 0 unspecified atom stereocenters. The Hall–Kier alpha value is -2.17. The van der Waals surface area contributed by atoms with Crippen LogP contribution in [0, 0.1) is 6.92 Å². The number of carboxylic acid groups (broad SMARTS) is 1. The summed E-state index contributed by atoms with van der Waals surface area (Å²) in [5, 5.41) is 8.56. The number of carboxylic acids is 1. The molecule has 1 aromatic carbocycles. The maximum Gasteiger partial charge on any atom is 0.358 e. The summed E-state index contributed by atoms with van der Waals surface area (Å²) in [7, 11) is 0. The van der Waals surface area contributed by atoms with Gasteiger partial charge in [0.15, 0.2) is 5.58 Å². The second-order valence-electron chi connectivity index (χ2n) is 3.81. The summed E-state index contributed by atoms with van der Waals surface area (Å²) in [5.41, 5.74) is 1.58. The van der Waals surface area contributed by atoms with E-state index in [1.165, 1.54) is 0 Å². The minimum Gasteiger partial charge on any atom is -0.481 e. The minimum atomic E-state index is -0.962. The molecule has 1 heterocycles. The minimum absolute atomic E-state index is 0.0849. The molecule has 1 aromatic heterocycles. The molecule has 88 valence electrons. The molecule has 5 heteroatoms. The summed E-state index contributed by atoms with van der Waals surface area (Å²) in [6.45, 7) is 1.91. The van der Waals surface area contributed by atoms with E-state index in [1.807, 2.05) is 13.0 Å². The molecule has 0 spiro atoms. The molecule has 5 nitrogen and oxygen atoms in total. The average Bonchev–Trinajstić information content (AvgIpc) is 2.26. The first-order chi connectivity index (χ1) is 8.06. The highest BCUT2D eigenvalue weighted by atomic mass is 16.4. The number of aromatic nitrogens is 1. The van der Waals surface area contributed by atoms with Crippen LogP contribution in [0.5, 0.6) is 0 Å². The molecule has 17 heavy (non-hydrogen) atoms. The fraction of sp³-hybridized carbons (Fsp3) is 0.250. The van der Waals surface area contributed by atoms with Gasteiger partial charge >= 0.3 is 11.6 Å². The van der Waals surface area contributed by atoms with Crippen molar-refractivity contribution in [3.05, 3.63) is 39.9 Å². The first kappa shape index (κ1) is 11.3. The van der Waals surface area contributed by atoms with Crippen LogP contribution in [0.3, 0.4) is 0 Å². The Bertz CT molecular complexity index is 630. The highest BCUT2D eigenvalue weighted by Gasteiger charge is 2.09. The smallest absolute Gasteiger partial charge is 0.358 e. The van der Waals surface area contributed by atoms with Gasteiger partial charge in [-0.3, -0.25) is 4.79 Å². The first-order valence-corrected chi connectivity index (χ1v) is 5.18. The Morgan fingerprint density at radius 2 is 2.24 bits per heavy atom. The van der Waals surface area contributed by atoms with E-state index in [4.69, 9.17) is 9.52 Å². The van der Waals surface area contributed by atoms with Crippen LogP contribution in [0.25, 0.3) is 11.1 Å². The van der Waals surface area contributed by atoms with Crippen LogP contribution >= 0.6 is 0 Å². The van der Waals surface area contributed by atoms with E-state index in [9.17, 15) is 9.59 Å². The van der Waals surface area contributed by atoms with Crippen molar-refractivity contribution < 1.29 is 14.3 Å². The van der Waals surface area contributed by atoms with Crippen molar-refractivity contribution in [3.63, 3.8) is 0 Å². The Morgan fingerprint density at radius 1 is 1.47 bits per heavy atom. The van der Waals surface area contributed by atoms with E-state index in [1.54, 1.807) is 12.1 Å². The molecule has 2 rings (SSSR count). The van der Waals surface area contributed by atoms with E-state index < -0.39 is 11.6 Å². The van der Waals surface area contributed by atoms with Gasteiger partial charge in [-0.1, -0.05) is 6.07 Å². The molecule has 1 N–H and O–H groups in total. The van der Waals surface area contributed by atoms with Gasteiger partial charge in [0.25, 0.3) is 0 Å². The zero-order valence-electron chi connectivity index (χ0n) is 9.27. The number of carbonyl (C=O) groups is 1. The second kappa shape index (κ2) is 4.37. The third-order valence-electron chi connectivity index (χ3n) is 2.38. The normalized spacial score (nSPS) is 10.6. The zero-order valence-corrected chi connectivity index (χ0v) is 9.27. The molecule has 0 radical (unpaired) electrons. The van der Waals surface area contributed by atoms with Gasteiger partial charge in [0.05, 0.1) is 6.42 Å². The first-order valence-electron chi connectivity index (χ1n) is 5.18. The monoisotopic (exact) mass is 233 g/mol. The molecule has 2 aromatic rings. The van der Waals surface area contributed by atoms with Gasteiger partial charge in [-0.15, -0.1) is 0 Å². The maximum absolute atomic E-state index is 11.5. The lowest BCUT2D eigenvalue weighted by Gasteiger charge is -2.00. The van der Waals surface area contributed by atoms with Crippen molar-refractivity contribution in [2.24, 2.45) is 0 Å². The van der Waals surface area contributed by atoms with E-state index in [2.05, 4.69) is 4.98 Å². The van der Waals surface area contributed by atoms with Gasteiger partial charge in [-0.2, -0.15) is 0 Å². The van der Waals surface area contributed by atoms with Crippen molar-refractivity contribution in [1.82, 2.24) is 4.98 Å². The van der Waals surface area contributed by atoms with Gasteiger partial charge < -0.3 is 9.52 Å². The number of hydrogen-bond acceptors (Lipinski definition) is 4. The molecular weight excluding hydrogens is 222 g/mol. The third kappa shape index (κ3) is 2.50. The molecule has 0 fully saturated rings. The molecule has 0 aliphatic heterocycles. The third-order valence-corrected chi connectivity index (χ3v) is 2.38. The Labute approximate surface area is 96.7 Å². The number of aryl methyl sites for hydroxylation is 2. The van der Waals surface area contributed by atoms with Gasteiger partial charge in [-0.05, 0) is 24.6 Å². The summed E-state index contributed by atoms with van der Waals surface area (Å²) in [6, 6.07) is 5.30. The van der Waals surface area contributed by atoms with Gasteiger partial charge in [0, 0.05) is 6.42 Å². The van der Waals surface area contributed by atoms with Gasteiger partial charge in [0.1, 0.15) is 11.2 Å². The summed E-state index contributed by atoms with van der Waals surface area (Å²) in [4.78, 5) is 26.1. The largest absolute Gasteiger partial charge is 0.481 e. The average molecular weight is 233 g/mol. The molecule has 0 atom stereocenters. The number of benzene rings is 1. The molecule has 0 saturated heterocycles. The summed E-state index contributed by atoms with van der Waals surface area (Å²) in [5.74, 6) is -0.962. The quantitative estimate of drug-likeness (QED) is 0.869. The Morgan fingerprint density at radius 3 is 2.94 bits per heavy atom. The fourth-order valence-electron chi connectivity index (χ4n) is 1.53. The topological polar surface area (TPSA) is 80.4 Å². The number of fused-ring (bicyclic) bond motifs is 1. The van der Waals surface area contributed by atoms with Crippen molar-refractivity contribution >= 4 is 17.1 Å². The lowest BCUT2D eigenvalue weighted by atomic mass is 10.2. The molecule has 0 saturated carbocycles. The lowest BCUT2D eigenvalue weighted by molar-refractivity contribution is -0.136. The van der Waals surface area contributed by atoms with Gasteiger partial charge in [-0.25, -0.2) is 9.78 Å². The van der Waals surface area contributed by atoms with Crippen LogP contribution in [0.4, 0.5) is 0 Å². The molecule has 0 aliphatic rings. The van der Waals surface area contributed by atoms with E-state index in [-0.39, 0.29) is 18.5 Å². The fourth-order valence-corrected chi connectivity index (χ4v) is 1.53. The maximum atomic E-state index is 11.5. The highest BCUT2D eigenvalue weighted by molar-refractivity contribution is 5.72. The molecule has 0 bridgehead atoms. The van der Waals surface area contributed by atoms with Crippen molar-refractivity contribution in [3.8, 4) is 0 Å². The Kier molecular flexibility index (Phi) is 2.91. The van der Waals surface area contributed by atoms with Crippen LogP contribution in [-0.4, -0.2) is 16.1 Å². The Balaban J connectivity index is 2.46. The number of hydrogen-bond donors (Lipinski definition) is 1. The second-order valence-corrected chi connectivity index (χ2v) is 3.81. The molecule has 0 amide bonds. The van der Waals surface area contributed by atoms with E-state index >= 15 is 0 Å². The molecular formula is C12H11NO4. The van der Waals surface area contributed by atoms with Crippen molar-refractivity contribution in [2.75, 3.05) is 0 Å². The van der Waals surface area contributed by atoms with Crippen LogP contribution in [-0.2, 0) is 11.2 Å². The van der Waals surface area contributed by atoms with Crippen molar-refractivity contribution in [2.45, 2.75) is 19.8 Å². The number of nitrogens with zero attached hydrogens (tertiary/aromatic N) is 1. The molecule has 0 aliphatic carbocycles. The zero-order chi connectivity index (χ0) is 12.4. The highest BCUT2D eigenvalue weighted by Crippen LogP contribution is 2.12. The summed E-state index contributed by atoms with van der Waals surface area (Å²) >= 11 is 0. The van der Waals surface area contributed by atoms with Crippen LogP contribution in [0.1, 0.15) is 17.7 Å². The SMILES string of the molecule is Cc1ccc2oc(=O)c(CCC(=O)O)nc2c1. The van der Waals surface area contributed by atoms with Crippen LogP contribution < -0.4 is 5.63 Å². The standard InChI is InChI=1S/C12H11NO4/c1-7-2-4-10-9(6-7)13-8(12(16)17-10)3-5-11(14)15/h2,4,6H,3,5H2,1H3,(H,14,15). The predicted molar refractivity (Wildman–Crippen MR) is 61.0 cm³/mol. The van der Waals surface area contributed by atoms with Crippen LogP contribution in [0.2, 0.25) is 0 Å². The van der Waals surface area contributed by atoms with E-state index in [0.717, 1.165) is 5.56 Å².